The van der Waals surface area contributed by atoms with E-state index in [4.69, 9.17) is 9.47 Å². The summed E-state index contributed by atoms with van der Waals surface area (Å²) in [5.41, 5.74) is 5.93. The summed E-state index contributed by atoms with van der Waals surface area (Å²) in [6.45, 7) is 3.41. The lowest BCUT2D eigenvalue weighted by Gasteiger charge is -2.29. The van der Waals surface area contributed by atoms with Gasteiger partial charge in [0.2, 0.25) is 0 Å². The number of carbonyl (C=O) groups is 1. The van der Waals surface area contributed by atoms with Gasteiger partial charge in [0, 0.05) is 41.2 Å². The van der Waals surface area contributed by atoms with Gasteiger partial charge in [-0.15, -0.1) is 23.7 Å². The van der Waals surface area contributed by atoms with E-state index in [9.17, 15) is 9.90 Å². The zero-order chi connectivity index (χ0) is 19.5. The Labute approximate surface area is 181 Å². The number of fused-ring (bicyclic) bond motifs is 2. The molecule has 2 aromatic rings. The maximum atomic E-state index is 11.8. The summed E-state index contributed by atoms with van der Waals surface area (Å²) >= 11 is 1.76. The summed E-state index contributed by atoms with van der Waals surface area (Å²) in [6, 6.07) is 8.15. The lowest BCUT2D eigenvalue weighted by molar-refractivity contribution is -0.139. The molecule has 1 aromatic heterocycles. The first kappa shape index (κ1) is 21.8. The van der Waals surface area contributed by atoms with Crippen molar-refractivity contribution >= 4 is 35.3 Å². The third kappa shape index (κ3) is 4.67. The summed E-state index contributed by atoms with van der Waals surface area (Å²) in [7, 11) is 1.42. The molecule has 0 amide bonds. The number of ether oxygens (including phenoxy) is 2. The molecule has 5 nitrogen and oxygen atoms in total. The number of rotatable bonds is 4. The number of aliphatic hydroxyl groups excluding tert-OH is 1. The lowest BCUT2D eigenvalue weighted by Crippen LogP contribution is -2.33. The number of halogens is 1. The highest BCUT2D eigenvalue weighted by molar-refractivity contribution is 7.11. The zero-order valence-electron chi connectivity index (χ0n) is 16.5. The third-order valence-electron chi connectivity index (χ3n) is 5.48. The second kappa shape index (κ2) is 9.76. The van der Waals surface area contributed by atoms with Crippen LogP contribution >= 0.6 is 23.7 Å². The summed E-state index contributed by atoms with van der Waals surface area (Å²) in [5.74, 6) is 0.634. The van der Waals surface area contributed by atoms with Crippen LogP contribution in [0.3, 0.4) is 0 Å². The van der Waals surface area contributed by atoms with E-state index in [2.05, 4.69) is 22.4 Å². The second-order valence-electron chi connectivity index (χ2n) is 7.19. The van der Waals surface area contributed by atoms with E-state index in [-0.39, 0.29) is 31.4 Å². The molecule has 1 saturated heterocycles. The highest BCUT2D eigenvalue weighted by Crippen LogP contribution is 2.43. The van der Waals surface area contributed by atoms with Gasteiger partial charge in [-0.3, -0.25) is 4.79 Å². The van der Waals surface area contributed by atoms with Crippen molar-refractivity contribution in [1.29, 1.82) is 0 Å². The zero-order valence-corrected chi connectivity index (χ0v) is 18.1. The van der Waals surface area contributed by atoms with Gasteiger partial charge in [0.15, 0.2) is 0 Å². The van der Waals surface area contributed by atoms with E-state index in [0.717, 1.165) is 49.4 Å². The van der Waals surface area contributed by atoms with Crippen LogP contribution in [-0.2, 0) is 22.6 Å². The molecule has 2 aliphatic heterocycles. The summed E-state index contributed by atoms with van der Waals surface area (Å²) in [4.78, 5) is 15.3. The van der Waals surface area contributed by atoms with Gasteiger partial charge in [-0.1, -0.05) is 11.6 Å². The number of esters is 1. The van der Waals surface area contributed by atoms with Gasteiger partial charge in [0.05, 0.1) is 20.1 Å². The Hall–Kier alpha value is -1.86. The van der Waals surface area contributed by atoms with Crippen LogP contribution in [0, 0.1) is 0 Å². The molecule has 1 N–H and O–H groups in total. The van der Waals surface area contributed by atoms with Crippen molar-refractivity contribution in [3.63, 3.8) is 0 Å². The first-order valence-electron chi connectivity index (χ1n) is 9.64. The summed E-state index contributed by atoms with van der Waals surface area (Å²) in [5, 5.41) is 11.3. The number of hydrogen-bond donors (Lipinski definition) is 1. The minimum Gasteiger partial charge on any atom is -0.488 e. The molecular formula is C22H26ClNO4S. The molecule has 1 aromatic carbocycles. The van der Waals surface area contributed by atoms with Crippen molar-refractivity contribution < 1.29 is 19.4 Å². The number of aliphatic hydroxyl groups is 1. The van der Waals surface area contributed by atoms with Crippen LogP contribution in [0.1, 0.15) is 34.4 Å². The first-order chi connectivity index (χ1) is 13.7. The van der Waals surface area contributed by atoms with E-state index < -0.39 is 0 Å². The summed E-state index contributed by atoms with van der Waals surface area (Å²) < 4.78 is 11.0. The van der Waals surface area contributed by atoms with Gasteiger partial charge in [0.1, 0.15) is 12.4 Å². The molecule has 29 heavy (non-hydrogen) atoms. The molecule has 0 bridgehead atoms. The van der Waals surface area contributed by atoms with Gasteiger partial charge < -0.3 is 19.5 Å². The van der Waals surface area contributed by atoms with Crippen LogP contribution in [0.25, 0.3) is 5.57 Å². The Kier molecular flexibility index (Phi) is 7.35. The van der Waals surface area contributed by atoms with Crippen LogP contribution in [0.2, 0.25) is 0 Å². The summed E-state index contributed by atoms with van der Waals surface area (Å²) in [6.07, 6.45) is 2.22. The van der Waals surface area contributed by atoms with Crippen molar-refractivity contribution in [3.8, 4) is 5.75 Å². The van der Waals surface area contributed by atoms with E-state index in [1.54, 1.807) is 11.3 Å². The molecule has 1 fully saturated rings. The van der Waals surface area contributed by atoms with Crippen LogP contribution in [0.5, 0.6) is 5.75 Å². The highest BCUT2D eigenvalue weighted by atomic mass is 35.5. The number of carbonyl (C=O) groups excluding carboxylic acids is 1. The number of hydrogen-bond acceptors (Lipinski definition) is 6. The predicted octanol–water partition coefficient (Wildman–Crippen LogP) is 3.67. The van der Waals surface area contributed by atoms with Crippen molar-refractivity contribution in [2.24, 2.45) is 0 Å². The fraction of sp³-hybridized carbons (Fsp3) is 0.409. The topological polar surface area (TPSA) is 59.0 Å². The number of β-amino-alcohol motifs (C(OH)–C–C–N with tert-alkyl or cyclic N) is 1. The smallest absolute Gasteiger partial charge is 0.309 e. The Morgan fingerprint density at radius 1 is 1.28 bits per heavy atom. The molecule has 0 atom stereocenters. The minimum absolute atomic E-state index is 0. The van der Waals surface area contributed by atoms with E-state index in [1.807, 2.05) is 12.1 Å². The third-order valence-corrected chi connectivity index (χ3v) is 6.45. The monoisotopic (exact) mass is 435 g/mol. The van der Waals surface area contributed by atoms with Gasteiger partial charge in [-0.25, -0.2) is 0 Å². The van der Waals surface area contributed by atoms with E-state index in [0.29, 0.717) is 6.61 Å². The number of methoxy groups -OCH3 is 1. The van der Waals surface area contributed by atoms with E-state index in [1.165, 1.54) is 28.7 Å². The number of thiophene rings is 1. The van der Waals surface area contributed by atoms with Gasteiger partial charge in [0.25, 0.3) is 0 Å². The van der Waals surface area contributed by atoms with Crippen LogP contribution in [0.4, 0.5) is 0 Å². The fourth-order valence-corrected chi connectivity index (χ4v) is 5.00. The molecule has 4 rings (SSSR count). The van der Waals surface area contributed by atoms with Crippen molar-refractivity contribution in [3.05, 3.63) is 56.8 Å². The fourth-order valence-electron chi connectivity index (χ4n) is 3.98. The van der Waals surface area contributed by atoms with Crippen molar-refractivity contribution in [2.45, 2.75) is 25.9 Å². The molecule has 0 saturated carbocycles. The minimum atomic E-state index is -0.238. The Balaban J connectivity index is 0.00000240. The molecule has 0 radical (unpaired) electrons. The number of benzene rings is 1. The van der Waals surface area contributed by atoms with Gasteiger partial charge in [-0.2, -0.15) is 0 Å². The van der Waals surface area contributed by atoms with Gasteiger partial charge in [-0.05, 0) is 42.0 Å². The molecule has 0 aliphatic carbocycles. The maximum absolute atomic E-state index is 11.8. The SMILES string of the molecule is COC(=O)Cc1ccc2c(c1)C(=C1CCN(CCO)CC1)c1sccc1CO2.Cl. The normalized spacial score (nSPS) is 16.2. The standard InChI is InChI=1S/C22H25NO4S.ClH/c1-26-20(25)13-15-2-3-19-18(12-15)21(22-17(14-27-19)6-11-28-22)16-4-7-23(8-5-16)9-10-24;/h2-3,6,11-12,24H,4-5,7-10,13-14H2,1H3;1H. The molecule has 0 unspecified atom stereocenters. The first-order valence-corrected chi connectivity index (χ1v) is 10.5. The lowest BCUT2D eigenvalue weighted by atomic mass is 9.90. The molecular weight excluding hydrogens is 410 g/mol. The number of piperidine rings is 1. The average Bonchev–Trinajstić information content (AvgIpc) is 3.11. The Morgan fingerprint density at radius 2 is 2.07 bits per heavy atom. The molecule has 0 spiro atoms. The Bertz CT molecular complexity index is 898. The van der Waals surface area contributed by atoms with Crippen molar-refractivity contribution in [1.82, 2.24) is 4.90 Å². The van der Waals surface area contributed by atoms with Crippen LogP contribution in [0.15, 0.2) is 35.2 Å². The van der Waals surface area contributed by atoms with Crippen molar-refractivity contribution in [2.75, 3.05) is 33.4 Å². The van der Waals surface area contributed by atoms with Crippen LogP contribution < -0.4 is 4.74 Å². The highest BCUT2D eigenvalue weighted by Gasteiger charge is 2.26. The molecule has 2 aliphatic rings. The second-order valence-corrected chi connectivity index (χ2v) is 8.11. The quantitative estimate of drug-likeness (QED) is 0.742. The van der Waals surface area contributed by atoms with E-state index >= 15 is 0 Å². The maximum Gasteiger partial charge on any atom is 0.309 e. The molecule has 3 heterocycles. The average molecular weight is 436 g/mol. The molecule has 156 valence electrons. The number of nitrogens with zero attached hydrogens (tertiary/aromatic N) is 1. The Morgan fingerprint density at radius 3 is 2.79 bits per heavy atom. The predicted molar refractivity (Wildman–Crippen MR) is 117 cm³/mol. The molecule has 7 heteroatoms. The number of likely N-dealkylation sites (tertiary alicyclic amines) is 1. The largest absolute Gasteiger partial charge is 0.488 e. The van der Waals surface area contributed by atoms with Crippen LogP contribution in [-0.4, -0.2) is 49.3 Å². The van der Waals surface area contributed by atoms with Gasteiger partial charge >= 0.3 is 5.97 Å².